The zero-order valence-electron chi connectivity index (χ0n) is 11.9. The molecule has 0 spiro atoms. The third-order valence-corrected chi connectivity index (χ3v) is 4.20. The molecule has 0 fully saturated rings. The fourth-order valence-corrected chi connectivity index (χ4v) is 3.24. The van der Waals surface area contributed by atoms with E-state index >= 15 is 0 Å². The van der Waals surface area contributed by atoms with Crippen molar-refractivity contribution in [2.24, 2.45) is 0 Å². The molecule has 0 saturated carbocycles. The van der Waals surface area contributed by atoms with Gasteiger partial charge in [-0.1, -0.05) is 23.8 Å². The van der Waals surface area contributed by atoms with E-state index in [0.717, 1.165) is 29.7 Å². The van der Waals surface area contributed by atoms with Gasteiger partial charge in [0.2, 0.25) is 0 Å². The molecule has 104 valence electrons. The summed E-state index contributed by atoms with van der Waals surface area (Å²) in [5.74, 6) is 0.104. The van der Waals surface area contributed by atoms with Crippen molar-refractivity contribution in [1.29, 1.82) is 0 Å². The highest BCUT2D eigenvalue weighted by Gasteiger charge is 2.32. The zero-order chi connectivity index (χ0) is 14.1. The Labute approximate surface area is 119 Å². The number of pyridine rings is 1. The summed E-state index contributed by atoms with van der Waals surface area (Å²) in [6, 6.07) is 9.39. The molecule has 0 aliphatic heterocycles. The second-order valence-electron chi connectivity index (χ2n) is 5.48. The molecule has 0 amide bonds. The van der Waals surface area contributed by atoms with Crippen LogP contribution in [0.5, 0.6) is 0 Å². The lowest BCUT2D eigenvalue weighted by atomic mass is 9.90. The molecule has 2 nitrogen and oxygen atoms in total. The highest BCUT2D eigenvalue weighted by atomic mass is 19.1. The molecule has 2 unspecified atom stereocenters. The molecule has 1 N–H and O–H groups in total. The maximum atomic E-state index is 14.2. The molecule has 3 heteroatoms. The molecule has 2 atom stereocenters. The molecule has 0 bridgehead atoms. The molecular weight excluding hydrogens is 251 g/mol. The minimum atomic E-state index is -0.140. The highest BCUT2D eigenvalue weighted by molar-refractivity contribution is 5.35. The van der Waals surface area contributed by atoms with Gasteiger partial charge in [-0.3, -0.25) is 4.98 Å². The zero-order valence-corrected chi connectivity index (χ0v) is 11.9. The van der Waals surface area contributed by atoms with Crippen LogP contribution in [0.15, 0.2) is 36.5 Å². The molecule has 20 heavy (non-hydrogen) atoms. The Balaban J connectivity index is 2.01. The Morgan fingerprint density at radius 2 is 2.20 bits per heavy atom. The molecule has 1 aromatic carbocycles. The van der Waals surface area contributed by atoms with Crippen LogP contribution in [0.25, 0.3) is 0 Å². The van der Waals surface area contributed by atoms with Crippen LogP contribution < -0.4 is 5.32 Å². The first-order valence-electron chi connectivity index (χ1n) is 7.08. The summed E-state index contributed by atoms with van der Waals surface area (Å²) in [5, 5.41) is 3.29. The maximum absolute atomic E-state index is 14.2. The summed E-state index contributed by atoms with van der Waals surface area (Å²) < 4.78 is 14.2. The Hall–Kier alpha value is -1.74. The smallest absolute Gasteiger partial charge is 0.128 e. The molecule has 0 saturated heterocycles. The Morgan fingerprint density at radius 1 is 1.35 bits per heavy atom. The van der Waals surface area contributed by atoms with Gasteiger partial charge in [0, 0.05) is 29.4 Å². The van der Waals surface area contributed by atoms with Crippen LogP contribution in [-0.2, 0) is 6.42 Å². The van der Waals surface area contributed by atoms with Gasteiger partial charge in [0.15, 0.2) is 0 Å². The number of rotatable bonds is 3. The number of hydrogen-bond acceptors (Lipinski definition) is 2. The summed E-state index contributed by atoms with van der Waals surface area (Å²) >= 11 is 0. The van der Waals surface area contributed by atoms with Gasteiger partial charge in [0.25, 0.3) is 0 Å². The van der Waals surface area contributed by atoms with E-state index in [2.05, 4.69) is 16.4 Å². The molecule has 1 aliphatic rings. The molecule has 1 heterocycles. The van der Waals surface area contributed by atoms with Crippen LogP contribution in [-0.4, -0.2) is 12.0 Å². The van der Waals surface area contributed by atoms with Crippen LogP contribution >= 0.6 is 0 Å². The van der Waals surface area contributed by atoms with Gasteiger partial charge in [-0.15, -0.1) is 0 Å². The largest absolute Gasteiger partial charge is 0.312 e. The van der Waals surface area contributed by atoms with Crippen molar-refractivity contribution in [3.8, 4) is 0 Å². The number of nitrogens with zero attached hydrogens (tertiary/aromatic N) is 1. The number of aryl methyl sites for hydroxylation is 2. The number of aromatic nitrogens is 1. The minimum absolute atomic E-state index is 0.0222. The predicted molar refractivity (Wildman–Crippen MR) is 78.2 cm³/mol. The number of likely N-dealkylation sites (N-methyl/N-ethyl adjacent to an activating group) is 1. The third-order valence-electron chi connectivity index (χ3n) is 4.20. The number of benzene rings is 1. The predicted octanol–water partition coefficient (Wildman–Crippen LogP) is 3.52. The van der Waals surface area contributed by atoms with Gasteiger partial charge in [0.05, 0.1) is 0 Å². The van der Waals surface area contributed by atoms with Gasteiger partial charge >= 0.3 is 0 Å². The second-order valence-corrected chi connectivity index (χ2v) is 5.48. The van der Waals surface area contributed by atoms with E-state index < -0.39 is 0 Å². The van der Waals surface area contributed by atoms with E-state index in [4.69, 9.17) is 0 Å². The van der Waals surface area contributed by atoms with Crippen molar-refractivity contribution in [3.63, 3.8) is 0 Å². The highest BCUT2D eigenvalue weighted by Crippen LogP contribution is 2.40. The monoisotopic (exact) mass is 270 g/mol. The number of halogens is 1. The summed E-state index contributed by atoms with van der Waals surface area (Å²) in [7, 11) is 1.90. The topological polar surface area (TPSA) is 24.9 Å². The maximum Gasteiger partial charge on any atom is 0.128 e. The van der Waals surface area contributed by atoms with E-state index in [1.165, 1.54) is 5.56 Å². The van der Waals surface area contributed by atoms with Gasteiger partial charge < -0.3 is 5.32 Å². The average molecular weight is 270 g/mol. The lowest BCUT2D eigenvalue weighted by Gasteiger charge is -2.24. The Kier molecular flexibility index (Phi) is 3.53. The first-order valence-corrected chi connectivity index (χ1v) is 7.08. The standard InChI is InChI=1S/C17H19FN2/c1-11-5-8-15(18)14(10-11)17(19-2)13-7-6-12-4-3-9-20-16(12)13/h3-5,8-10,13,17,19H,6-7H2,1-2H3. The van der Waals surface area contributed by atoms with Crippen molar-refractivity contribution in [3.05, 3.63) is 64.7 Å². The molecule has 2 aromatic rings. The molecule has 1 aromatic heterocycles. The van der Waals surface area contributed by atoms with Gasteiger partial charge in [-0.05, 0) is 44.5 Å². The van der Waals surface area contributed by atoms with Crippen molar-refractivity contribution in [2.45, 2.75) is 31.7 Å². The summed E-state index contributed by atoms with van der Waals surface area (Å²) in [4.78, 5) is 4.52. The fraction of sp³-hybridized carbons (Fsp3) is 0.353. The quantitative estimate of drug-likeness (QED) is 0.923. The van der Waals surface area contributed by atoms with Gasteiger partial charge in [0.1, 0.15) is 5.82 Å². The number of fused-ring (bicyclic) bond motifs is 1. The minimum Gasteiger partial charge on any atom is -0.312 e. The molecule has 3 rings (SSSR count). The van der Waals surface area contributed by atoms with Crippen molar-refractivity contribution in [1.82, 2.24) is 10.3 Å². The van der Waals surface area contributed by atoms with Crippen LogP contribution in [0.2, 0.25) is 0 Å². The van der Waals surface area contributed by atoms with Crippen LogP contribution in [0.4, 0.5) is 4.39 Å². The number of hydrogen-bond donors (Lipinski definition) is 1. The summed E-state index contributed by atoms with van der Waals surface area (Å²) in [6.45, 7) is 2.00. The van der Waals surface area contributed by atoms with E-state index in [9.17, 15) is 4.39 Å². The second kappa shape index (κ2) is 5.33. The number of nitrogens with one attached hydrogen (secondary N) is 1. The first kappa shape index (κ1) is 13.3. The third kappa shape index (κ3) is 2.22. The van der Waals surface area contributed by atoms with Crippen LogP contribution in [0.3, 0.4) is 0 Å². The fourth-order valence-electron chi connectivity index (χ4n) is 3.24. The van der Waals surface area contributed by atoms with Crippen LogP contribution in [0.1, 0.15) is 40.8 Å². The van der Waals surface area contributed by atoms with Crippen molar-refractivity contribution in [2.75, 3.05) is 7.05 Å². The van der Waals surface area contributed by atoms with Crippen molar-refractivity contribution >= 4 is 0 Å². The molecule has 1 aliphatic carbocycles. The first-order chi connectivity index (χ1) is 9.70. The summed E-state index contributed by atoms with van der Waals surface area (Å²) in [5.41, 5.74) is 4.25. The van der Waals surface area contributed by atoms with E-state index in [1.807, 2.05) is 38.4 Å². The Bertz CT molecular complexity index is 624. The lowest BCUT2D eigenvalue weighted by Crippen LogP contribution is -2.24. The van der Waals surface area contributed by atoms with Gasteiger partial charge in [-0.25, -0.2) is 4.39 Å². The van der Waals surface area contributed by atoms with Gasteiger partial charge in [-0.2, -0.15) is 0 Å². The van der Waals surface area contributed by atoms with E-state index in [1.54, 1.807) is 6.07 Å². The SMILES string of the molecule is CNC(c1cc(C)ccc1F)C1CCc2cccnc21. The molecular formula is C17H19FN2. The Morgan fingerprint density at radius 3 is 3.00 bits per heavy atom. The van der Waals surface area contributed by atoms with Crippen molar-refractivity contribution < 1.29 is 4.39 Å². The van der Waals surface area contributed by atoms with E-state index in [-0.39, 0.29) is 17.8 Å². The normalized spacial score (nSPS) is 18.9. The van der Waals surface area contributed by atoms with Crippen LogP contribution in [0, 0.1) is 12.7 Å². The molecule has 0 radical (unpaired) electrons. The average Bonchev–Trinajstić information content (AvgIpc) is 2.88. The lowest BCUT2D eigenvalue weighted by molar-refractivity contribution is 0.448. The van der Waals surface area contributed by atoms with E-state index in [0.29, 0.717) is 0 Å². The summed E-state index contributed by atoms with van der Waals surface area (Å²) in [6.07, 6.45) is 3.88.